The van der Waals surface area contributed by atoms with Crippen LogP contribution in [-0.2, 0) is 0 Å². The van der Waals surface area contributed by atoms with Crippen molar-refractivity contribution >= 4 is 35.0 Å². The van der Waals surface area contributed by atoms with Crippen LogP contribution in [0.3, 0.4) is 0 Å². The second kappa shape index (κ2) is 4.43. The minimum atomic E-state index is -0.484. The molecule has 0 atom stereocenters. The maximum absolute atomic E-state index is 13.6. The summed E-state index contributed by atoms with van der Waals surface area (Å²) >= 11 is 11.0. The number of hydrogen-bond donors (Lipinski definition) is 1. The van der Waals surface area contributed by atoms with Crippen molar-refractivity contribution in [3.63, 3.8) is 0 Å². The van der Waals surface area contributed by atoms with Crippen molar-refractivity contribution in [1.29, 1.82) is 0 Å². The Morgan fingerprint density at radius 2 is 2.16 bits per heavy atom. The lowest BCUT2D eigenvalue weighted by Gasteiger charge is -2.04. The molecule has 0 aliphatic rings. The van der Waals surface area contributed by atoms with Gasteiger partial charge in [0.05, 0.1) is 16.2 Å². The molecule has 0 aliphatic carbocycles. The monoisotopic (exact) mass is 293 g/mol. The highest BCUT2D eigenvalue weighted by atomic mass is 35.5. The third-order valence-corrected chi connectivity index (χ3v) is 3.41. The molecule has 1 aromatic carbocycles. The first-order valence-corrected chi connectivity index (χ1v) is 6.37. The number of aryl methyl sites for hydroxylation is 1. The van der Waals surface area contributed by atoms with E-state index in [1.165, 1.54) is 12.1 Å². The van der Waals surface area contributed by atoms with Crippen LogP contribution in [0.2, 0.25) is 5.02 Å². The second-order valence-electron chi connectivity index (χ2n) is 4.25. The number of aromatic nitrogens is 3. The molecule has 3 rings (SSSR count). The average molecular weight is 294 g/mol. The van der Waals surface area contributed by atoms with Gasteiger partial charge in [-0.15, -0.1) is 0 Å². The highest BCUT2D eigenvalue weighted by molar-refractivity contribution is 7.71. The van der Waals surface area contributed by atoms with Crippen LogP contribution in [0.4, 0.5) is 4.39 Å². The standard InChI is InChI=1S/C13H9ClFN3S/c1-7-4-11-12(16-6-7)18(13(19)17-11)8-2-3-9(14)10(15)5-8/h2-6H,1H3,(H,17,19). The zero-order valence-corrected chi connectivity index (χ0v) is 11.5. The first kappa shape index (κ1) is 12.3. The molecule has 0 saturated heterocycles. The number of fused-ring (bicyclic) bond motifs is 1. The maximum Gasteiger partial charge on any atom is 0.183 e. The number of imidazole rings is 1. The quantitative estimate of drug-likeness (QED) is 0.683. The number of benzene rings is 1. The van der Waals surface area contributed by atoms with E-state index in [0.717, 1.165) is 11.1 Å². The molecule has 96 valence electrons. The van der Waals surface area contributed by atoms with Crippen LogP contribution >= 0.6 is 23.8 Å². The number of hydrogen-bond acceptors (Lipinski definition) is 2. The number of halogens is 2. The maximum atomic E-state index is 13.6. The highest BCUT2D eigenvalue weighted by Gasteiger charge is 2.10. The van der Waals surface area contributed by atoms with Crippen LogP contribution in [0.15, 0.2) is 30.5 Å². The van der Waals surface area contributed by atoms with E-state index in [1.807, 2.05) is 13.0 Å². The van der Waals surface area contributed by atoms with E-state index in [9.17, 15) is 4.39 Å². The van der Waals surface area contributed by atoms with Crippen molar-refractivity contribution in [3.8, 4) is 5.69 Å². The van der Waals surface area contributed by atoms with Gasteiger partial charge in [-0.1, -0.05) is 11.6 Å². The fourth-order valence-electron chi connectivity index (χ4n) is 1.96. The second-order valence-corrected chi connectivity index (χ2v) is 5.04. The summed E-state index contributed by atoms with van der Waals surface area (Å²) in [6, 6.07) is 6.49. The minimum absolute atomic E-state index is 0.0823. The van der Waals surface area contributed by atoms with Gasteiger partial charge >= 0.3 is 0 Å². The molecule has 19 heavy (non-hydrogen) atoms. The van der Waals surface area contributed by atoms with Gasteiger partial charge in [-0.3, -0.25) is 4.57 Å². The third kappa shape index (κ3) is 2.05. The van der Waals surface area contributed by atoms with E-state index in [4.69, 9.17) is 23.8 Å². The molecule has 0 bridgehead atoms. The zero-order chi connectivity index (χ0) is 13.6. The fourth-order valence-corrected chi connectivity index (χ4v) is 2.38. The Labute approximate surface area is 118 Å². The molecule has 3 aromatic rings. The van der Waals surface area contributed by atoms with Crippen LogP contribution in [-0.4, -0.2) is 14.5 Å². The number of H-pyrrole nitrogens is 1. The van der Waals surface area contributed by atoms with Gasteiger partial charge in [0.1, 0.15) is 5.82 Å². The summed E-state index contributed by atoms with van der Waals surface area (Å²) in [6.07, 6.45) is 1.74. The van der Waals surface area contributed by atoms with Gasteiger partial charge in [-0.2, -0.15) is 0 Å². The van der Waals surface area contributed by atoms with Crippen molar-refractivity contribution in [2.75, 3.05) is 0 Å². The summed E-state index contributed by atoms with van der Waals surface area (Å²) in [6.45, 7) is 1.95. The Kier molecular flexibility index (Phi) is 2.88. The Morgan fingerprint density at radius 1 is 1.37 bits per heavy atom. The molecule has 0 fully saturated rings. The van der Waals surface area contributed by atoms with Crippen LogP contribution in [0.25, 0.3) is 16.9 Å². The molecule has 0 radical (unpaired) electrons. The van der Waals surface area contributed by atoms with Gasteiger partial charge in [-0.05, 0) is 49.0 Å². The van der Waals surface area contributed by atoms with Crippen LogP contribution in [0.1, 0.15) is 5.56 Å². The van der Waals surface area contributed by atoms with Crippen molar-refractivity contribution in [2.24, 2.45) is 0 Å². The van der Waals surface area contributed by atoms with Crippen LogP contribution < -0.4 is 0 Å². The molecule has 0 aliphatic heterocycles. The normalized spacial score (nSPS) is 11.1. The molecule has 0 unspecified atom stereocenters. The summed E-state index contributed by atoms with van der Waals surface area (Å²) < 4.78 is 15.7. The largest absolute Gasteiger partial charge is 0.329 e. The zero-order valence-electron chi connectivity index (χ0n) is 9.95. The van der Waals surface area contributed by atoms with Crippen molar-refractivity contribution in [1.82, 2.24) is 14.5 Å². The lowest BCUT2D eigenvalue weighted by atomic mass is 10.3. The van der Waals surface area contributed by atoms with Gasteiger partial charge in [-0.25, -0.2) is 9.37 Å². The Bertz CT molecular complexity index is 838. The summed E-state index contributed by atoms with van der Waals surface area (Å²) in [5.41, 5.74) is 3.10. The minimum Gasteiger partial charge on any atom is -0.329 e. The smallest absolute Gasteiger partial charge is 0.183 e. The van der Waals surface area contributed by atoms with Crippen molar-refractivity contribution < 1.29 is 4.39 Å². The molecule has 0 spiro atoms. The molecule has 3 nitrogen and oxygen atoms in total. The highest BCUT2D eigenvalue weighted by Crippen LogP contribution is 2.22. The Balaban J connectivity index is 2.32. The Morgan fingerprint density at radius 3 is 2.89 bits per heavy atom. The van der Waals surface area contributed by atoms with E-state index in [0.29, 0.717) is 16.1 Å². The molecule has 2 aromatic heterocycles. The van der Waals surface area contributed by atoms with Crippen LogP contribution in [0.5, 0.6) is 0 Å². The molecule has 0 saturated carbocycles. The van der Waals surface area contributed by atoms with Gasteiger partial charge in [0.15, 0.2) is 10.4 Å². The van der Waals surface area contributed by atoms with Gasteiger partial charge in [0.25, 0.3) is 0 Å². The molecule has 6 heteroatoms. The fraction of sp³-hybridized carbons (Fsp3) is 0.0769. The van der Waals surface area contributed by atoms with E-state index >= 15 is 0 Å². The summed E-state index contributed by atoms with van der Waals surface area (Å²) in [7, 11) is 0. The third-order valence-electron chi connectivity index (χ3n) is 2.82. The molecule has 1 N–H and O–H groups in total. The molecular weight excluding hydrogens is 285 g/mol. The van der Waals surface area contributed by atoms with Crippen molar-refractivity contribution in [2.45, 2.75) is 6.92 Å². The van der Waals surface area contributed by atoms with E-state index in [1.54, 1.807) is 16.8 Å². The summed E-state index contributed by atoms with van der Waals surface area (Å²) in [5.74, 6) is -0.484. The first-order valence-electron chi connectivity index (χ1n) is 5.59. The Hall–Kier alpha value is -1.72. The SMILES string of the molecule is Cc1cnc2c(c1)[nH]c(=S)n2-c1ccc(Cl)c(F)c1. The molecular formula is C13H9ClFN3S. The number of pyridine rings is 1. The summed E-state index contributed by atoms with van der Waals surface area (Å²) in [4.78, 5) is 7.40. The number of rotatable bonds is 1. The van der Waals surface area contributed by atoms with Crippen LogP contribution in [0, 0.1) is 17.5 Å². The van der Waals surface area contributed by atoms with Gasteiger partial charge < -0.3 is 4.98 Å². The topological polar surface area (TPSA) is 33.6 Å². The van der Waals surface area contributed by atoms with E-state index in [2.05, 4.69) is 9.97 Å². The predicted octanol–water partition coefficient (Wildman–Crippen LogP) is 4.18. The number of nitrogens with one attached hydrogen (secondary N) is 1. The average Bonchev–Trinajstić information content (AvgIpc) is 2.68. The van der Waals surface area contributed by atoms with Gasteiger partial charge in [0, 0.05) is 6.20 Å². The van der Waals surface area contributed by atoms with E-state index < -0.39 is 5.82 Å². The lowest BCUT2D eigenvalue weighted by Crippen LogP contribution is -1.96. The summed E-state index contributed by atoms with van der Waals surface area (Å²) in [5, 5.41) is 0.0823. The number of aromatic amines is 1. The molecule has 2 heterocycles. The molecule has 0 amide bonds. The van der Waals surface area contributed by atoms with Crippen molar-refractivity contribution in [3.05, 3.63) is 51.6 Å². The van der Waals surface area contributed by atoms with Gasteiger partial charge in [0.2, 0.25) is 0 Å². The van der Waals surface area contributed by atoms with E-state index in [-0.39, 0.29) is 5.02 Å². The lowest BCUT2D eigenvalue weighted by molar-refractivity contribution is 0.627. The number of nitrogens with zero attached hydrogens (tertiary/aromatic N) is 2. The predicted molar refractivity (Wildman–Crippen MR) is 76.0 cm³/mol. The first-order chi connectivity index (χ1) is 9.06.